The van der Waals surface area contributed by atoms with Gasteiger partial charge in [-0.3, -0.25) is 0 Å². The molecule has 1 saturated carbocycles. The molecule has 0 bridgehead atoms. The van der Waals surface area contributed by atoms with Crippen LogP contribution < -0.4 is 20.1 Å². The van der Waals surface area contributed by atoms with Crippen molar-refractivity contribution in [2.24, 2.45) is 0 Å². The number of carbonyl (C=O) groups is 1. The lowest BCUT2D eigenvalue weighted by molar-refractivity contribution is -0.0469. The summed E-state index contributed by atoms with van der Waals surface area (Å²) in [4.78, 5) is 16.7. The third-order valence-corrected chi connectivity index (χ3v) is 8.48. The minimum Gasteiger partial charge on any atom is -0.489 e. The van der Waals surface area contributed by atoms with E-state index in [4.69, 9.17) is 28.8 Å². The standard InChI is InChI=1S/C38H47N5O6/c1-25(2)40-37(44)49-30-15-14-27(20-30)31-22-34(43(42-31)38(3,4)5)41-33-21-29(16-17-39-33)47-24-28-12-9-13-32(35(28)36-45-18-19-46-36)48-23-26-10-7-6-8-11-26/h6-13,16-17,21-22,25,27,30,36H,14-15,18-20,23-24H2,1-5H3,(H,39,41)(H,40,44)/t27-,30+/m0/s1. The molecule has 0 spiro atoms. The number of carbonyl (C=O) groups excluding carboxylic acids is 1. The highest BCUT2D eigenvalue weighted by Gasteiger charge is 2.32. The molecule has 4 aromatic rings. The Balaban J connectivity index is 1.15. The fraction of sp³-hybridized carbons (Fsp3) is 0.447. The maximum absolute atomic E-state index is 12.2. The van der Waals surface area contributed by atoms with Crippen molar-refractivity contribution in [1.29, 1.82) is 0 Å². The molecule has 2 aromatic carbocycles. The lowest BCUT2D eigenvalue weighted by atomic mass is 10.0. The summed E-state index contributed by atoms with van der Waals surface area (Å²) in [5.41, 5.74) is 3.52. The molecule has 6 rings (SSSR count). The van der Waals surface area contributed by atoms with Crippen LogP contribution in [0.4, 0.5) is 16.4 Å². The van der Waals surface area contributed by atoms with Gasteiger partial charge in [-0.25, -0.2) is 14.5 Å². The van der Waals surface area contributed by atoms with E-state index in [0.29, 0.717) is 37.1 Å². The second-order valence-electron chi connectivity index (χ2n) is 13.8. The zero-order valence-electron chi connectivity index (χ0n) is 29.0. The number of alkyl carbamates (subject to hydrolysis) is 1. The van der Waals surface area contributed by atoms with Crippen LogP contribution in [0.2, 0.25) is 0 Å². The van der Waals surface area contributed by atoms with Crippen molar-refractivity contribution in [3.8, 4) is 11.5 Å². The molecule has 3 heterocycles. The zero-order valence-corrected chi connectivity index (χ0v) is 29.0. The van der Waals surface area contributed by atoms with Gasteiger partial charge in [-0.15, -0.1) is 0 Å². The van der Waals surface area contributed by atoms with E-state index in [1.807, 2.05) is 79.2 Å². The van der Waals surface area contributed by atoms with Gasteiger partial charge in [0.2, 0.25) is 0 Å². The lowest BCUT2D eigenvalue weighted by Crippen LogP contribution is -2.33. The van der Waals surface area contributed by atoms with Gasteiger partial charge in [-0.2, -0.15) is 5.10 Å². The number of nitrogens with zero attached hydrogens (tertiary/aromatic N) is 3. The topological polar surface area (TPSA) is 118 Å². The molecule has 0 unspecified atom stereocenters. The first-order valence-corrected chi connectivity index (χ1v) is 17.1. The van der Waals surface area contributed by atoms with Crippen molar-refractivity contribution in [3.63, 3.8) is 0 Å². The molecular weight excluding hydrogens is 622 g/mol. The molecular formula is C38H47N5O6. The Morgan fingerprint density at radius 3 is 2.53 bits per heavy atom. The van der Waals surface area contributed by atoms with Crippen LogP contribution in [0.15, 0.2) is 72.9 Å². The summed E-state index contributed by atoms with van der Waals surface area (Å²) in [6.07, 6.45) is 3.16. The third kappa shape index (κ3) is 8.90. The van der Waals surface area contributed by atoms with Crippen LogP contribution in [0.25, 0.3) is 0 Å². The predicted octanol–water partition coefficient (Wildman–Crippen LogP) is 7.75. The van der Waals surface area contributed by atoms with E-state index in [1.54, 1.807) is 6.20 Å². The molecule has 2 atom stereocenters. The van der Waals surface area contributed by atoms with Gasteiger partial charge in [-0.05, 0) is 71.6 Å². The lowest BCUT2D eigenvalue weighted by Gasteiger charge is -2.23. The summed E-state index contributed by atoms with van der Waals surface area (Å²) in [5, 5.41) is 11.3. The van der Waals surface area contributed by atoms with Crippen molar-refractivity contribution < 1.29 is 28.5 Å². The van der Waals surface area contributed by atoms with Crippen LogP contribution in [-0.4, -0.2) is 46.2 Å². The molecule has 2 aliphatic rings. The second-order valence-corrected chi connectivity index (χ2v) is 13.8. The van der Waals surface area contributed by atoms with Crippen LogP contribution in [0, 0.1) is 0 Å². The highest BCUT2D eigenvalue weighted by molar-refractivity contribution is 5.67. The van der Waals surface area contributed by atoms with Crippen LogP contribution in [0.1, 0.15) is 88.5 Å². The number of amides is 1. The Morgan fingerprint density at radius 2 is 1.78 bits per heavy atom. The molecule has 2 aromatic heterocycles. The molecule has 1 saturated heterocycles. The predicted molar refractivity (Wildman–Crippen MR) is 186 cm³/mol. The Morgan fingerprint density at radius 1 is 0.980 bits per heavy atom. The van der Waals surface area contributed by atoms with Gasteiger partial charge in [0.05, 0.1) is 30.0 Å². The normalized spacial score (nSPS) is 18.1. The number of aromatic nitrogens is 3. The van der Waals surface area contributed by atoms with E-state index in [9.17, 15) is 4.79 Å². The average Bonchev–Trinajstić information content (AvgIpc) is 3.85. The fourth-order valence-electron chi connectivity index (χ4n) is 6.17. The van der Waals surface area contributed by atoms with Gasteiger partial charge >= 0.3 is 6.09 Å². The molecule has 49 heavy (non-hydrogen) atoms. The Hall–Kier alpha value is -4.61. The summed E-state index contributed by atoms with van der Waals surface area (Å²) in [6, 6.07) is 21.8. The first-order chi connectivity index (χ1) is 23.6. The molecule has 1 amide bonds. The molecule has 1 aliphatic heterocycles. The molecule has 2 fully saturated rings. The smallest absolute Gasteiger partial charge is 0.407 e. The van der Waals surface area contributed by atoms with E-state index in [1.165, 1.54) is 0 Å². The number of ether oxygens (including phenoxy) is 5. The van der Waals surface area contributed by atoms with Gasteiger partial charge in [0, 0.05) is 35.9 Å². The summed E-state index contributed by atoms with van der Waals surface area (Å²) in [5.74, 6) is 3.02. The molecule has 11 heteroatoms. The highest BCUT2D eigenvalue weighted by atomic mass is 16.7. The van der Waals surface area contributed by atoms with Crippen LogP contribution >= 0.6 is 0 Å². The van der Waals surface area contributed by atoms with E-state index in [0.717, 1.165) is 47.5 Å². The zero-order chi connectivity index (χ0) is 34.4. The molecule has 0 radical (unpaired) electrons. The Labute approximate surface area is 288 Å². The number of benzene rings is 2. The van der Waals surface area contributed by atoms with E-state index in [-0.39, 0.29) is 36.3 Å². The minimum atomic E-state index is -0.522. The fourth-order valence-corrected chi connectivity index (χ4v) is 6.17. The number of pyridine rings is 1. The third-order valence-electron chi connectivity index (χ3n) is 8.48. The molecule has 11 nitrogen and oxygen atoms in total. The monoisotopic (exact) mass is 669 g/mol. The summed E-state index contributed by atoms with van der Waals surface area (Å²) < 4.78 is 32.1. The maximum atomic E-state index is 12.2. The summed E-state index contributed by atoms with van der Waals surface area (Å²) in [7, 11) is 0. The minimum absolute atomic E-state index is 0.0351. The van der Waals surface area contributed by atoms with Gasteiger partial charge in [0.25, 0.3) is 0 Å². The number of nitrogens with one attached hydrogen (secondary N) is 2. The Kier molecular flexibility index (Phi) is 10.7. The van der Waals surface area contributed by atoms with Crippen LogP contribution in [0.5, 0.6) is 11.5 Å². The van der Waals surface area contributed by atoms with Gasteiger partial charge in [0.1, 0.15) is 42.5 Å². The van der Waals surface area contributed by atoms with Crippen LogP contribution in [0.3, 0.4) is 0 Å². The van der Waals surface area contributed by atoms with Crippen LogP contribution in [-0.2, 0) is 33.0 Å². The van der Waals surface area contributed by atoms with E-state index < -0.39 is 6.29 Å². The molecule has 260 valence electrons. The number of anilines is 2. The maximum Gasteiger partial charge on any atom is 0.407 e. The van der Waals surface area contributed by atoms with Crippen molar-refractivity contribution >= 4 is 17.7 Å². The van der Waals surface area contributed by atoms with E-state index >= 15 is 0 Å². The SMILES string of the molecule is CC(C)NC(=O)O[C@@H]1CC[C@H](c2cc(Nc3cc(OCc4cccc(OCc5ccccc5)c4C4OCCO4)ccn3)n(C(C)(C)C)n2)C1. The molecule has 2 N–H and O–H groups in total. The van der Waals surface area contributed by atoms with Crippen molar-refractivity contribution in [3.05, 3.63) is 95.3 Å². The second kappa shape index (κ2) is 15.3. The van der Waals surface area contributed by atoms with Gasteiger partial charge in [0.15, 0.2) is 6.29 Å². The van der Waals surface area contributed by atoms with Gasteiger partial charge < -0.3 is 34.3 Å². The van der Waals surface area contributed by atoms with Crippen molar-refractivity contribution in [2.75, 3.05) is 18.5 Å². The van der Waals surface area contributed by atoms with Gasteiger partial charge in [-0.1, -0.05) is 42.5 Å². The number of hydrogen-bond donors (Lipinski definition) is 2. The number of rotatable bonds is 12. The largest absolute Gasteiger partial charge is 0.489 e. The highest BCUT2D eigenvalue weighted by Crippen LogP contribution is 2.38. The first-order valence-electron chi connectivity index (χ1n) is 17.1. The van der Waals surface area contributed by atoms with E-state index in [2.05, 4.69) is 42.5 Å². The quantitative estimate of drug-likeness (QED) is 0.156. The molecule has 1 aliphatic carbocycles. The number of hydrogen-bond acceptors (Lipinski definition) is 9. The Bertz CT molecular complexity index is 1700. The van der Waals surface area contributed by atoms with Crippen molar-refractivity contribution in [2.45, 2.75) is 97.0 Å². The van der Waals surface area contributed by atoms with Crippen molar-refractivity contribution in [1.82, 2.24) is 20.1 Å². The average molecular weight is 670 g/mol. The first kappa shape index (κ1) is 34.3. The summed E-state index contributed by atoms with van der Waals surface area (Å²) in [6.45, 7) is 12.0. The summed E-state index contributed by atoms with van der Waals surface area (Å²) >= 11 is 0.